The lowest BCUT2D eigenvalue weighted by Crippen LogP contribution is -2.47. The lowest BCUT2D eigenvalue weighted by molar-refractivity contribution is -0.118. The van der Waals surface area contributed by atoms with Crippen LogP contribution in [0.3, 0.4) is 0 Å². The van der Waals surface area contributed by atoms with Gasteiger partial charge >= 0.3 is 0 Å². The van der Waals surface area contributed by atoms with E-state index in [0.717, 1.165) is 67.5 Å². The molecule has 3 aromatic carbocycles. The standard InChI is InChI=1S/C33H36F2N6O3/c1-21(42)20-40-8-10-41(11-9-40)27-3-4-28(31(19-27)36-26-6-12-44-13-7-26)33(43)37-32-29-17-22(2-5-30(29)38-39-32)14-23-15-24(34)18-25(35)16-23/h2-5,15-19,26,36H,6-14,20H2,1H3,(H2,37,38,39,43). The molecule has 11 heteroatoms. The van der Waals surface area contributed by atoms with E-state index in [1.54, 1.807) is 6.92 Å². The quantitative estimate of drug-likeness (QED) is 0.248. The smallest absolute Gasteiger partial charge is 0.258 e. The molecule has 2 aliphatic heterocycles. The number of Topliss-reactive ketones (excluding diaryl/α,β-unsaturated/α-hetero) is 1. The first-order valence-corrected chi connectivity index (χ1v) is 15.0. The van der Waals surface area contributed by atoms with Crippen molar-refractivity contribution in [3.05, 3.63) is 82.9 Å². The second-order valence-electron chi connectivity index (χ2n) is 11.6. The van der Waals surface area contributed by atoms with Gasteiger partial charge in [-0.15, -0.1) is 0 Å². The van der Waals surface area contributed by atoms with Crippen LogP contribution in [0, 0.1) is 11.6 Å². The van der Waals surface area contributed by atoms with Crippen LogP contribution in [0.15, 0.2) is 54.6 Å². The number of aromatic amines is 1. The van der Waals surface area contributed by atoms with Crippen LogP contribution in [0.1, 0.15) is 41.3 Å². The molecule has 0 saturated carbocycles. The van der Waals surface area contributed by atoms with Crippen molar-refractivity contribution < 1.29 is 23.1 Å². The van der Waals surface area contributed by atoms with Crippen LogP contribution >= 0.6 is 0 Å². The molecular formula is C33H36F2N6O3. The molecule has 230 valence electrons. The number of ether oxygens (including phenoxy) is 1. The van der Waals surface area contributed by atoms with Gasteiger partial charge in [-0.2, -0.15) is 5.10 Å². The third-order valence-electron chi connectivity index (χ3n) is 8.20. The minimum absolute atomic E-state index is 0.166. The molecule has 0 spiro atoms. The molecule has 0 unspecified atom stereocenters. The SMILES string of the molecule is CC(=O)CN1CCN(c2ccc(C(=O)Nc3n[nH]c4ccc(Cc5cc(F)cc(F)c5)cc34)c(NC3CCOCC3)c2)CC1. The molecule has 4 aromatic rings. The molecule has 2 aliphatic rings. The lowest BCUT2D eigenvalue weighted by Gasteiger charge is -2.36. The summed E-state index contributed by atoms with van der Waals surface area (Å²) in [6.45, 7) is 6.60. The van der Waals surface area contributed by atoms with Crippen molar-refractivity contribution in [1.29, 1.82) is 0 Å². The number of halogens is 2. The highest BCUT2D eigenvalue weighted by Crippen LogP contribution is 2.29. The summed E-state index contributed by atoms with van der Waals surface area (Å²) >= 11 is 0. The van der Waals surface area contributed by atoms with E-state index in [9.17, 15) is 18.4 Å². The number of carbonyl (C=O) groups excluding carboxylic acids is 2. The average molecular weight is 603 g/mol. The second kappa shape index (κ2) is 13.1. The number of hydrogen-bond donors (Lipinski definition) is 3. The van der Waals surface area contributed by atoms with Gasteiger partial charge in [-0.1, -0.05) is 6.07 Å². The topological polar surface area (TPSA) is 103 Å². The highest BCUT2D eigenvalue weighted by molar-refractivity contribution is 6.11. The normalized spacial score (nSPS) is 16.3. The molecule has 3 heterocycles. The minimum Gasteiger partial charge on any atom is -0.381 e. The van der Waals surface area contributed by atoms with Crippen LogP contribution in [0.2, 0.25) is 0 Å². The number of ketones is 1. The Morgan fingerprint density at radius 1 is 0.955 bits per heavy atom. The maximum Gasteiger partial charge on any atom is 0.258 e. The fourth-order valence-electron chi connectivity index (χ4n) is 5.98. The third-order valence-corrected chi connectivity index (χ3v) is 8.20. The number of nitrogens with one attached hydrogen (secondary N) is 3. The van der Waals surface area contributed by atoms with Gasteiger partial charge in [-0.3, -0.25) is 19.6 Å². The van der Waals surface area contributed by atoms with Gasteiger partial charge in [0, 0.05) is 68.3 Å². The van der Waals surface area contributed by atoms with E-state index in [2.05, 4.69) is 30.6 Å². The van der Waals surface area contributed by atoms with Gasteiger partial charge in [0.25, 0.3) is 5.91 Å². The van der Waals surface area contributed by atoms with Gasteiger partial charge in [0.15, 0.2) is 5.82 Å². The molecule has 0 bridgehead atoms. The number of H-pyrrole nitrogens is 1. The van der Waals surface area contributed by atoms with E-state index in [4.69, 9.17) is 4.74 Å². The van der Waals surface area contributed by atoms with Crippen molar-refractivity contribution in [3.63, 3.8) is 0 Å². The fraction of sp³-hybridized carbons (Fsp3) is 0.364. The summed E-state index contributed by atoms with van der Waals surface area (Å²) in [4.78, 5) is 29.7. The van der Waals surface area contributed by atoms with Gasteiger partial charge in [0.2, 0.25) is 0 Å². The first kappa shape index (κ1) is 29.7. The number of piperazine rings is 1. The zero-order valence-corrected chi connectivity index (χ0v) is 24.7. The molecule has 1 amide bonds. The van der Waals surface area contributed by atoms with E-state index in [1.165, 1.54) is 12.1 Å². The van der Waals surface area contributed by atoms with Gasteiger partial charge in [0.05, 0.1) is 17.6 Å². The molecule has 0 atom stereocenters. The first-order valence-electron chi connectivity index (χ1n) is 15.0. The Labute approximate surface area is 254 Å². The van der Waals surface area contributed by atoms with Crippen LogP contribution in [-0.4, -0.2) is 78.8 Å². The van der Waals surface area contributed by atoms with Gasteiger partial charge in [0.1, 0.15) is 17.4 Å². The molecule has 0 aliphatic carbocycles. The monoisotopic (exact) mass is 602 g/mol. The Morgan fingerprint density at radius 3 is 2.43 bits per heavy atom. The Hall–Kier alpha value is -4.35. The van der Waals surface area contributed by atoms with Crippen LogP contribution in [0.4, 0.5) is 26.0 Å². The molecule has 44 heavy (non-hydrogen) atoms. The van der Waals surface area contributed by atoms with Crippen molar-refractivity contribution in [2.24, 2.45) is 0 Å². The summed E-state index contributed by atoms with van der Waals surface area (Å²) in [5, 5.41) is 14.6. The van der Waals surface area contributed by atoms with Crippen molar-refractivity contribution in [2.75, 3.05) is 61.5 Å². The number of nitrogens with zero attached hydrogens (tertiary/aromatic N) is 3. The van der Waals surface area contributed by atoms with Crippen molar-refractivity contribution >= 4 is 39.8 Å². The van der Waals surface area contributed by atoms with Crippen LogP contribution in [0.5, 0.6) is 0 Å². The van der Waals surface area contributed by atoms with E-state index in [0.29, 0.717) is 48.5 Å². The number of carbonyl (C=O) groups is 2. The molecule has 1 aromatic heterocycles. The van der Waals surface area contributed by atoms with Gasteiger partial charge in [-0.05, 0) is 79.8 Å². The Balaban J connectivity index is 1.23. The molecule has 0 radical (unpaired) electrons. The number of anilines is 3. The van der Waals surface area contributed by atoms with Gasteiger partial charge < -0.3 is 20.3 Å². The highest BCUT2D eigenvalue weighted by atomic mass is 19.1. The Bertz CT molecular complexity index is 1640. The maximum absolute atomic E-state index is 13.7. The largest absolute Gasteiger partial charge is 0.381 e. The highest BCUT2D eigenvalue weighted by Gasteiger charge is 2.23. The van der Waals surface area contributed by atoms with Crippen LogP contribution in [-0.2, 0) is 16.0 Å². The third kappa shape index (κ3) is 7.06. The van der Waals surface area contributed by atoms with Crippen LogP contribution < -0.4 is 15.5 Å². The van der Waals surface area contributed by atoms with Crippen molar-refractivity contribution in [2.45, 2.75) is 32.2 Å². The van der Waals surface area contributed by atoms with E-state index in [-0.39, 0.29) is 17.7 Å². The molecular weight excluding hydrogens is 566 g/mol. The zero-order valence-electron chi connectivity index (χ0n) is 24.7. The number of hydrogen-bond acceptors (Lipinski definition) is 7. The number of benzene rings is 3. The number of amides is 1. The number of fused-ring (bicyclic) bond motifs is 1. The summed E-state index contributed by atoms with van der Waals surface area (Å²) < 4.78 is 33.0. The maximum atomic E-state index is 13.7. The predicted octanol–water partition coefficient (Wildman–Crippen LogP) is 4.99. The van der Waals surface area contributed by atoms with Crippen molar-refractivity contribution in [1.82, 2.24) is 15.1 Å². The lowest BCUT2D eigenvalue weighted by atomic mass is 10.0. The molecule has 2 saturated heterocycles. The molecule has 2 fully saturated rings. The summed E-state index contributed by atoms with van der Waals surface area (Å²) in [5.41, 5.74) is 4.33. The average Bonchev–Trinajstić information content (AvgIpc) is 3.39. The molecule has 9 nitrogen and oxygen atoms in total. The minimum atomic E-state index is -0.622. The number of aromatic nitrogens is 2. The Kier molecular flexibility index (Phi) is 8.85. The zero-order chi connectivity index (χ0) is 30.6. The molecule has 6 rings (SSSR count). The summed E-state index contributed by atoms with van der Waals surface area (Å²) in [6, 6.07) is 15.1. The van der Waals surface area contributed by atoms with E-state index < -0.39 is 11.6 Å². The van der Waals surface area contributed by atoms with Crippen LogP contribution in [0.25, 0.3) is 10.9 Å². The number of rotatable bonds is 9. The Morgan fingerprint density at radius 2 is 1.70 bits per heavy atom. The second-order valence-corrected chi connectivity index (χ2v) is 11.6. The first-order chi connectivity index (χ1) is 21.3. The van der Waals surface area contributed by atoms with E-state index >= 15 is 0 Å². The predicted molar refractivity (Wildman–Crippen MR) is 166 cm³/mol. The van der Waals surface area contributed by atoms with E-state index in [1.807, 2.05) is 36.4 Å². The molecule has 3 N–H and O–H groups in total. The summed E-state index contributed by atoms with van der Waals surface area (Å²) in [7, 11) is 0. The van der Waals surface area contributed by atoms with Gasteiger partial charge in [-0.25, -0.2) is 8.78 Å². The van der Waals surface area contributed by atoms with Crippen molar-refractivity contribution in [3.8, 4) is 0 Å². The summed E-state index contributed by atoms with van der Waals surface area (Å²) in [5.74, 6) is -1.00. The summed E-state index contributed by atoms with van der Waals surface area (Å²) in [6.07, 6.45) is 2.01. The fourth-order valence-corrected chi connectivity index (χ4v) is 5.98.